The van der Waals surface area contributed by atoms with Gasteiger partial charge in [0.2, 0.25) is 0 Å². The molecule has 1 heterocycles. The molecule has 0 fully saturated rings. The molecular formula is C14H15NO. The fourth-order valence-electron chi connectivity index (χ4n) is 2.59. The van der Waals surface area contributed by atoms with E-state index in [9.17, 15) is 4.79 Å². The van der Waals surface area contributed by atoms with Crippen LogP contribution in [0.5, 0.6) is 0 Å². The number of anilines is 1. The van der Waals surface area contributed by atoms with Gasteiger partial charge < -0.3 is 5.32 Å². The summed E-state index contributed by atoms with van der Waals surface area (Å²) < 4.78 is 0. The van der Waals surface area contributed by atoms with Crippen molar-refractivity contribution in [1.82, 2.24) is 0 Å². The fourth-order valence-corrected chi connectivity index (χ4v) is 2.59. The highest BCUT2D eigenvalue weighted by atomic mass is 16.1. The van der Waals surface area contributed by atoms with E-state index in [4.69, 9.17) is 0 Å². The quantitative estimate of drug-likeness (QED) is 0.717. The van der Waals surface area contributed by atoms with E-state index in [0.29, 0.717) is 12.2 Å². The Morgan fingerprint density at radius 3 is 2.81 bits per heavy atom. The van der Waals surface area contributed by atoms with Gasteiger partial charge in [-0.05, 0) is 37.3 Å². The summed E-state index contributed by atoms with van der Waals surface area (Å²) in [5.74, 6) is 0.312. The van der Waals surface area contributed by atoms with Gasteiger partial charge in [0.15, 0.2) is 5.78 Å². The molecule has 2 aliphatic rings. The zero-order valence-electron chi connectivity index (χ0n) is 9.25. The van der Waals surface area contributed by atoms with Crippen LogP contribution in [0, 0.1) is 0 Å². The molecule has 2 nitrogen and oxygen atoms in total. The van der Waals surface area contributed by atoms with Gasteiger partial charge in [0, 0.05) is 23.4 Å². The summed E-state index contributed by atoms with van der Waals surface area (Å²) in [4.78, 5) is 12.1. The third-order valence-corrected chi connectivity index (χ3v) is 3.46. The molecule has 0 aromatic heterocycles. The second kappa shape index (κ2) is 3.78. The van der Waals surface area contributed by atoms with Crippen molar-refractivity contribution in [2.75, 3.05) is 5.32 Å². The van der Waals surface area contributed by atoms with Gasteiger partial charge in [0.05, 0.1) is 0 Å². The monoisotopic (exact) mass is 213 g/mol. The van der Waals surface area contributed by atoms with E-state index in [1.807, 2.05) is 18.2 Å². The van der Waals surface area contributed by atoms with Crippen LogP contribution in [0.2, 0.25) is 0 Å². The lowest BCUT2D eigenvalue weighted by Crippen LogP contribution is -2.12. The van der Waals surface area contributed by atoms with E-state index in [2.05, 4.69) is 11.4 Å². The number of hydrogen-bond donors (Lipinski definition) is 1. The maximum Gasteiger partial charge on any atom is 0.165 e. The second-order valence-corrected chi connectivity index (χ2v) is 4.55. The molecule has 1 aromatic rings. The van der Waals surface area contributed by atoms with Crippen molar-refractivity contribution in [2.45, 2.75) is 32.1 Å². The molecule has 1 aliphatic carbocycles. The van der Waals surface area contributed by atoms with E-state index in [-0.39, 0.29) is 0 Å². The molecule has 1 aliphatic heterocycles. The van der Waals surface area contributed by atoms with Crippen LogP contribution in [0.4, 0.5) is 5.69 Å². The average molecular weight is 213 g/mol. The van der Waals surface area contributed by atoms with Crippen LogP contribution >= 0.6 is 0 Å². The Labute approximate surface area is 95.4 Å². The highest BCUT2D eigenvalue weighted by molar-refractivity contribution is 6.00. The smallest absolute Gasteiger partial charge is 0.165 e. The predicted octanol–water partition coefficient (Wildman–Crippen LogP) is 3.05. The largest absolute Gasteiger partial charge is 0.358 e. The first-order valence-electron chi connectivity index (χ1n) is 5.95. The van der Waals surface area contributed by atoms with E-state index < -0.39 is 0 Å². The highest BCUT2D eigenvalue weighted by Crippen LogP contribution is 2.32. The lowest BCUT2D eigenvalue weighted by atomic mass is 9.92. The van der Waals surface area contributed by atoms with Gasteiger partial charge >= 0.3 is 0 Å². The number of nitrogens with one attached hydrogen (secondary N) is 1. The molecule has 0 unspecified atom stereocenters. The number of hydrogen-bond acceptors (Lipinski definition) is 2. The highest BCUT2D eigenvalue weighted by Gasteiger charge is 2.23. The summed E-state index contributed by atoms with van der Waals surface area (Å²) in [5, 5.41) is 3.45. The molecule has 2 heteroatoms. The van der Waals surface area contributed by atoms with Gasteiger partial charge in [0.25, 0.3) is 0 Å². The predicted molar refractivity (Wildman–Crippen MR) is 64.3 cm³/mol. The summed E-state index contributed by atoms with van der Waals surface area (Å²) in [6.45, 7) is 0. The van der Waals surface area contributed by atoms with Gasteiger partial charge in [-0.25, -0.2) is 0 Å². The molecule has 1 aromatic carbocycles. The maximum absolute atomic E-state index is 12.1. The third-order valence-electron chi connectivity index (χ3n) is 3.46. The number of allylic oxidation sites excluding steroid dienone is 2. The van der Waals surface area contributed by atoms with Crippen LogP contribution in [0.1, 0.15) is 31.2 Å². The number of ketones is 1. The minimum Gasteiger partial charge on any atom is -0.358 e. The molecule has 0 spiro atoms. The van der Waals surface area contributed by atoms with Crippen molar-refractivity contribution in [3.63, 3.8) is 0 Å². The molecular weight excluding hydrogens is 198 g/mol. The zero-order valence-corrected chi connectivity index (χ0v) is 9.25. The van der Waals surface area contributed by atoms with Crippen molar-refractivity contribution in [3.05, 3.63) is 41.1 Å². The molecule has 0 amide bonds. The summed E-state index contributed by atoms with van der Waals surface area (Å²) in [6, 6.07) is 8.12. The first kappa shape index (κ1) is 9.64. The Kier molecular flexibility index (Phi) is 2.28. The van der Waals surface area contributed by atoms with Crippen molar-refractivity contribution in [2.24, 2.45) is 0 Å². The van der Waals surface area contributed by atoms with Crippen LogP contribution in [-0.2, 0) is 11.2 Å². The molecule has 82 valence electrons. The minimum atomic E-state index is 0.312. The standard InChI is InChI=1S/C14H15NO/c16-14-9-10-5-1-3-7-12(10)15-13-8-4-2-6-11(13)14/h1,3,5,7,15H,2,4,6,8-9H2. The Morgan fingerprint density at radius 2 is 1.88 bits per heavy atom. The molecule has 0 saturated carbocycles. The number of Topliss-reactive ketones (excluding diaryl/α,β-unsaturated/α-hetero) is 1. The van der Waals surface area contributed by atoms with Gasteiger partial charge in [-0.15, -0.1) is 0 Å². The zero-order chi connectivity index (χ0) is 11.0. The Balaban J connectivity index is 2.06. The molecule has 0 radical (unpaired) electrons. The molecule has 3 rings (SSSR count). The minimum absolute atomic E-state index is 0.312. The van der Waals surface area contributed by atoms with Crippen molar-refractivity contribution in [1.29, 1.82) is 0 Å². The van der Waals surface area contributed by atoms with Crippen LogP contribution in [0.3, 0.4) is 0 Å². The lowest BCUT2D eigenvalue weighted by molar-refractivity contribution is -0.115. The molecule has 0 saturated heterocycles. The summed E-state index contributed by atoms with van der Waals surface area (Å²) >= 11 is 0. The van der Waals surface area contributed by atoms with Crippen molar-refractivity contribution in [3.8, 4) is 0 Å². The van der Waals surface area contributed by atoms with Gasteiger partial charge in [-0.3, -0.25) is 4.79 Å². The average Bonchev–Trinajstić information content (AvgIpc) is 2.45. The van der Waals surface area contributed by atoms with Crippen LogP contribution < -0.4 is 5.32 Å². The molecule has 0 atom stereocenters. The number of carbonyl (C=O) groups excluding carboxylic acids is 1. The van der Waals surface area contributed by atoms with Crippen LogP contribution in [0.25, 0.3) is 0 Å². The van der Waals surface area contributed by atoms with E-state index in [1.165, 1.54) is 12.1 Å². The normalized spacial score (nSPS) is 19.6. The lowest BCUT2D eigenvalue weighted by Gasteiger charge is -2.18. The fraction of sp³-hybridized carbons (Fsp3) is 0.357. The number of carbonyl (C=O) groups is 1. The SMILES string of the molecule is O=C1Cc2ccccc2NC2=C1CCCC2. The topological polar surface area (TPSA) is 29.1 Å². The molecule has 1 N–H and O–H groups in total. The van der Waals surface area contributed by atoms with Gasteiger partial charge in [-0.1, -0.05) is 18.2 Å². The summed E-state index contributed by atoms with van der Waals surface area (Å²) in [6.07, 6.45) is 4.89. The van der Waals surface area contributed by atoms with Crippen LogP contribution in [-0.4, -0.2) is 5.78 Å². The number of benzene rings is 1. The molecule has 16 heavy (non-hydrogen) atoms. The van der Waals surface area contributed by atoms with Gasteiger partial charge in [-0.2, -0.15) is 0 Å². The third kappa shape index (κ3) is 1.54. The second-order valence-electron chi connectivity index (χ2n) is 4.55. The summed E-state index contributed by atoms with van der Waals surface area (Å²) in [7, 11) is 0. The maximum atomic E-state index is 12.1. The van der Waals surface area contributed by atoms with E-state index in [1.54, 1.807) is 0 Å². The Morgan fingerprint density at radius 1 is 1.06 bits per heavy atom. The van der Waals surface area contributed by atoms with Crippen LogP contribution in [0.15, 0.2) is 35.5 Å². The number of fused-ring (bicyclic) bond motifs is 1. The van der Waals surface area contributed by atoms with E-state index in [0.717, 1.165) is 36.1 Å². The molecule has 0 bridgehead atoms. The Hall–Kier alpha value is -1.57. The summed E-state index contributed by atoms with van der Waals surface area (Å²) in [5.41, 5.74) is 4.45. The first-order chi connectivity index (χ1) is 7.84. The number of rotatable bonds is 0. The van der Waals surface area contributed by atoms with Gasteiger partial charge in [0.1, 0.15) is 0 Å². The van der Waals surface area contributed by atoms with Crippen molar-refractivity contribution < 1.29 is 4.79 Å². The Bertz CT molecular complexity index is 473. The van der Waals surface area contributed by atoms with Crippen molar-refractivity contribution >= 4 is 11.5 Å². The number of para-hydroxylation sites is 1. The first-order valence-corrected chi connectivity index (χ1v) is 5.95. The van der Waals surface area contributed by atoms with E-state index >= 15 is 0 Å².